The first kappa shape index (κ1) is 16.0. The summed E-state index contributed by atoms with van der Waals surface area (Å²) in [6.45, 7) is 7.08. The summed E-state index contributed by atoms with van der Waals surface area (Å²) >= 11 is 0. The van der Waals surface area contributed by atoms with E-state index in [2.05, 4.69) is 13.2 Å². The fraction of sp³-hybridized carbons (Fsp3) is 0.150. The molecule has 1 fully saturated rings. The second-order valence-electron chi connectivity index (χ2n) is 5.33. The lowest BCUT2D eigenvalue weighted by atomic mass is 10.1. The van der Waals surface area contributed by atoms with Crippen molar-refractivity contribution in [3.05, 3.63) is 73.8 Å². The monoisotopic (exact) mass is 322 g/mol. The normalized spacial score (nSPS) is 18.5. The van der Waals surface area contributed by atoms with E-state index < -0.39 is 0 Å². The molecule has 0 saturated carbocycles. The van der Waals surface area contributed by atoms with E-state index in [0.29, 0.717) is 5.75 Å². The minimum Gasteiger partial charge on any atom is -0.485 e. The van der Waals surface area contributed by atoms with Crippen molar-refractivity contribution in [3.63, 3.8) is 0 Å². The highest BCUT2D eigenvalue weighted by Crippen LogP contribution is 2.29. The largest absolute Gasteiger partial charge is 0.485 e. The quantitative estimate of drug-likeness (QED) is 0.422. The summed E-state index contributed by atoms with van der Waals surface area (Å²) in [5, 5.41) is 0. The molecule has 1 heterocycles. The van der Waals surface area contributed by atoms with Crippen molar-refractivity contribution in [3.8, 4) is 22.6 Å². The Labute approximate surface area is 141 Å². The van der Waals surface area contributed by atoms with Gasteiger partial charge in [-0.25, -0.2) is 0 Å². The summed E-state index contributed by atoms with van der Waals surface area (Å²) in [5.74, 6) is 1.26. The van der Waals surface area contributed by atoms with Crippen LogP contribution in [0.3, 0.4) is 0 Å². The van der Waals surface area contributed by atoms with Crippen molar-refractivity contribution < 1.29 is 19.0 Å². The number of hydrogen-bond donors (Lipinski definition) is 0. The van der Waals surface area contributed by atoms with Gasteiger partial charge in [0, 0.05) is 0 Å². The third-order valence-corrected chi connectivity index (χ3v) is 3.62. The summed E-state index contributed by atoms with van der Waals surface area (Å²) in [6.07, 6.45) is 2.75. The molecule has 1 aliphatic heterocycles. The molecule has 2 atom stereocenters. The Kier molecular flexibility index (Phi) is 4.77. The van der Waals surface area contributed by atoms with Gasteiger partial charge >= 0.3 is 0 Å². The lowest BCUT2D eigenvalue weighted by Gasteiger charge is -2.07. The van der Waals surface area contributed by atoms with Gasteiger partial charge in [-0.1, -0.05) is 36.9 Å². The highest BCUT2D eigenvalue weighted by molar-refractivity contribution is 5.90. The van der Waals surface area contributed by atoms with Gasteiger partial charge in [0.2, 0.25) is 6.29 Å². The van der Waals surface area contributed by atoms with Crippen LogP contribution in [0.1, 0.15) is 0 Å². The number of rotatable bonds is 8. The highest BCUT2D eigenvalue weighted by atomic mass is 16.8. The van der Waals surface area contributed by atoms with Crippen molar-refractivity contribution in [2.24, 2.45) is 0 Å². The van der Waals surface area contributed by atoms with Crippen LogP contribution in [-0.2, 0) is 9.53 Å². The van der Waals surface area contributed by atoms with Crippen molar-refractivity contribution in [1.82, 2.24) is 0 Å². The maximum atomic E-state index is 11.2. The molecular formula is C20H18O4. The third-order valence-electron chi connectivity index (χ3n) is 3.62. The summed E-state index contributed by atoms with van der Waals surface area (Å²) in [6, 6.07) is 15.3. The van der Waals surface area contributed by atoms with Crippen LogP contribution in [0, 0.1) is 0 Å². The van der Waals surface area contributed by atoms with Gasteiger partial charge in [0.25, 0.3) is 0 Å². The molecule has 2 aromatic carbocycles. The van der Waals surface area contributed by atoms with Crippen molar-refractivity contribution in [2.75, 3.05) is 6.61 Å². The molecule has 1 aliphatic rings. The van der Waals surface area contributed by atoms with E-state index >= 15 is 0 Å². The van der Waals surface area contributed by atoms with Crippen LogP contribution in [0.5, 0.6) is 11.5 Å². The van der Waals surface area contributed by atoms with Gasteiger partial charge in [-0.2, -0.15) is 0 Å². The number of ether oxygens (including phenoxy) is 3. The zero-order chi connectivity index (χ0) is 16.9. The van der Waals surface area contributed by atoms with Crippen molar-refractivity contribution in [2.45, 2.75) is 12.4 Å². The van der Waals surface area contributed by atoms with Gasteiger partial charge in [-0.15, -0.1) is 6.58 Å². The topological polar surface area (TPSA) is 48.1 Å². The summed E-state index contributed by atoms with van der Waals surface area (Å²) in [5.41, 5.74) is 2.11. The maximum Gasteiger partial charge on any atom is 0.230 e. The first-order valence-electron chi connectivity index (χ1n) is 7.63. The van der Waals surface area contributed by atoms with Crippen LogP contribution >= 0.6 is 0 Å². The second kappa shape index (κ2) is 7.15. The zero-order valence-corrected chi connectivity index (χ0v) is 13.2. The molecule has 4 nitrogen and oxygen atoms in total. The first-order valence-corrected chi connectivity index (χ1v) is 7.63. The molecule has 0 N–H and O–H groups in total. The molecule has 24 heavy (non-hydrogen) atoms. The van der Waals surface area contributed by atoms with Gasteiger partial charge in [-0.05, 0) is 41.5 Å². The lowest BCUT2D eigenvalue weighted by molar-refractivity contribution is -0.116. The van der Waals surface area contributed by atoms with Gasteiger partial charge in [0.15, 0.2) is 12.4 Å². The van der Waals surface area contributed by atoms with Crippen LogP contribution in [0.15, 0.2) is 73.8 Å². The Morgan fingerprint density at radius 1 is 1.00 bits per heavy atom. The van der Waals surface area contributed by atoms with E-state index in [-0.39, 0.29) is 24.8 Å². The summed E-state index contributed by atoms with van der Waals surface area (Å²) in [4.78, 5) is 11.2. The van der Waals surface area contributed by atoms with E-state index in [1.54, 1.807) is 6.08 Å². The Morgan fingerprint density at radius 3 is 2.08 bits per heavy atom. The number of epoxide rings is 1. The van der Waals surface area contributed by atoms with Crippen molar-refractivity contribution in [1.29, 1.82) is 0 Å². The van der Waals surface area contributed by atoms with Crippen LogP contribution in [0.4, 0.5) is 0 Å². The molecule has 0 aromatic heterocycles. The molecule has 0 spiro atoms. The maximum absolute atomic E-state index is 11.2. The Morgan fingerprint density at radius 2 is 1.58 bits per heavy atom. The van der Waals surface area contributed by atoms with Crippen LogP contribution in [-0.4, -0.2) is 24.8 Å². The average Bonchev–Trinajstić information content (AvgIpc) is 3.39. The molecule has 2 unspecified atom stereocenters. The zero-order valence-electron chi connectivity index (χ0n) is 13.2. The fourth-order valence-corrected chi connectivity index (χ4v) is 2.19. The van der Waals surface area contributed by atoms with Crippen LogP contribution in [0.2, 0.25) is 0 Å². The van der Waals surface area contributed by atoms with Gasteiger partial charge < -0.3 is 14.2 Å². The van der Waals surface area contributed by atoms with E-state index in [0.717, 1.165) is 16.9 Å². The molecule has 0 amide bonds. The van der Waals surface area contributed by atoms with Crippen LogP contribution < -0.4 is 9.47 Å². The predicted octanol–water partition coefficient (Wildman–Crippen LogP) is 3.78. The molecule has 1 saturated heterocycles. The molecule has 2 aromatic rings. The minimum atomic E-state index is -0.219. The van der Waals surface area contributed by atoms with Gasteiger partial charge in [0.1, 0.15) is 17.6 Å². The molecule has 0 aliphatic carbocycles. The smallest absolute Gasteiger partial charge is 0.230 e. The summed E-state index contributed by atoms with van der Waals surface area (Å²) < 4.78 is 16.3. The fourth-order valence-electron chi connectivity index (χ4n) is 2.19. The first-order chi connectivity index (χ1) is 11.7. The Bertz CT molecular complexity index is 731. The van der Waals surface area contributed by atoms with Crippen molar-refractivity contribution >= 4 is 5.78 Å². The average molecular weight is 322 g/mol. The van der Waals surface area contributed by atoms with E-state index in [4.69, 9.17) is 14.2 Å². The molecular weight excluding hydrogens is 304 g/mol. The number of benzene rings is 2. The van der Waals surface area contributed by atoms with E-state index in [1.165, 1.54) is 6.08 Å². The third kappa shape index (κ3) is 3.91. The number of carbonyl (C=O) groups is 1. The molecule has 0 bridgehead atoms. The lowest BCUT2D eigenvalue weighted by Crippen LogP contribution is -2.07. The Hall–Kier alpha value is -2.85. The molecule has 3 rings (SSSR count). The molecule has 0 radical (unpaired) electrons. The predicted molar refractivity (Wildman–Crippen MR) is 92.1 cm³/mol. The SMILES string of the molecule is C=CC(=O)COc1ccc(-c2ccc(OC3OC3C=C)cc2)cc1. The standard InChI is InChI=1S/C20H18O4/c1-3-16(21)13-22-17-9-5-14(6-10-17)15-7-11-18(12-8-15)23-20-19(4-2)24-20/h3-12,19-20H,1-2,13H2. The number of carbonyl (C=O) groups excluding carboxylic acids is 1. The van der Waals surface area contributed by atoms with Gasteiger partial charge in [-0.3, -0.25) is 4.79 Å². The number of hydrogen-bond acceptors (Lipinski definition) is 4. The van der Waals surface area contributed by atoms with E-state index in [1.807, 2.05) is 48.5 Å². The minimum absolute atomic E-state index is 0.00379. The Balaban J connectivity index is 1.60. The molecule has 4 heteroatoms. The summed E-state index contributed by atoms with van der Waals surface area (Å²) in [7, 11) is 0. The molecule has 122 valence electrons. The van der Waals surface area contributed by atoms with Crippen LogP contribution in [0.25, 0.3) is 11.1 Å². The van der Waals surface area contributed by atoms with E-state index in [9.17, 15) is 4.79 Å². The van der Waals surface area contributed by atoms with Gasteiger partial charge in [0.05, 0.1) is 0 Å². The number of ketones is 1. The second-order valence-corrected chi connectivity index (χ2v) is 5.33. The highest BCUT2D eigenvalue weighted by Gasteiger charge is 2.38.